The molecule has 2 aliphatic heterocycles. The van der Waals surface area contributed by atoms with Crippen LogP contribution in [0.2, 0.25) is 5.02 Å². The smallest absolute Gasteiger partial charge is 0.139 e. The zero-order valence-corrected chi connectivity index (χ0v) is 16.8. The lowest BCUT2D eigenvalue weighted by atomic mass is 10.2. The SMILES string of the molecule is CCCOC.Clc1ccc2c(c1)N=C(N1CCNCC1)c1ccsc1N2. The first-order chi connectivity index (χ1) is 12.7. The number of halogens is 1. The van der Waals surface area contributed by atoms with Crippen molar-refractivity contribution >= 4 is 45.1 Å². The summed E-state index contributed by atoms with van der Waals surface area (Å²) in [5.41, 5.74) is 3.09. The zero-order valence-electron chi connectivity index (χ0n) is 15.2. The molecule has 0 atom stereocenters. The van der Waals surface area contributed by atoms with E-state index in [0.29, 0.717) is 5.02 Å². The van der Waals surface area contributed by atoms with E-state index in [-0.39, 0.29) is 0 Å². The van der Waals surface area contributed by atoms with Crippen molar-refractivity contribution in [1.29, 1.82) is 0 Å². The molecule has 0 saturated carbocycles. The number of nitrogens with zero attached hydrogens (tertiary/aromatic N) is 2. The van der Waals surface area contributed by atoms with Crippen molar-refractivity contribution < 1.29 is 4.74 Å². The molecule has 0 spiro atoms. The molecule has 4 rings (SSSR count). The summed E-state index contributed by atoms with van der Waals surface area (Å²) in [6.07, 6.45) is 1.12. The second-order valence-corrected chi connectivity index (χ2v) is 7.47. The van der Waals surface area contributed by atoms with Crippen LogP contribution in [0.25, 0.3) is 0 Å². The second kappa shape index (κ2) is 9.37. The van der Waals surface area contributed by atoms with Crippen LogP contribution >= 0.6 is 22.9 Å². The fraction of sp³-hybridized carbons (Fsp3) is 0.421. The lowest BCUT2D eigenvalue weighted by molar-refractivity contribution is 0.199. The molecule has 0 aliphatic carbocycles. The predicted octanol–water partition coefficient (Wildman–Crippen LogP) is 4.48. The van der Waals surface area contributed by atoms with Crippen molar-refractivity contribution in [1.82, 2.24) is 10.2 Å². The van der Waals surface area contributed by atoms with Crippen LogP contribution in [0.1, 0.15) is 18.9 Å². The quantitative estimate of drug-likeness (QED) is 0.790. The monoisotopic (exact) mass is 392 g/mol. The van der Waals surface area contributed by atoms with E-state index in [9.17, 15) is 0 Å². The third kappa shape index (κ3) is 4.57. The minimum atomic E-state index is 0.712. The molecule has 3 heterocycles. The second-order valence-electron chi connectivity index (χ2n) is 6.12. The first-order valence-corrected chi connectivity index (χ1v) is 10.2. The molecule has 7 heteroatoms. The van der Waals surface area contributed by atoms with Crippen LogP contribution in [0.15, 0.2) is 34.6 Å². The van der Waals surface area contributed by atoms with E-state index in [1.54, 1.807) is 18.4 Å². The molecular weight excluding hydrogens is 368 g/mol. The van der Waals surface area contributed by atoms with Gasteiger partial charge in [-0.1, -0.05) is 18.5 Å². The average molecular weight is 393 g/mol. The summed E-state index contributed by atoms with van der Waals surface area (Å²) in [5.74, 6) is 1.04. The maximum absolute atomic E-state index is 6.13. The predicted molar refractivity (Wildman–Crippen MR) is 112 cm³/mol. The number of amidine groups is 1. The molecular formula is C19H25ClN4OS. The number of aliphatic imine (C=N–C) groups is 1. The maximum atomic E-state index is 6.13. The fourth-order valence-corrected chi connectivity index (χ4v) is 3.87. The average Bonchev–Trinajstić information content (AvgIpc) is 3.06. The van der Waals surface area contributed by atoms with Crippen LogP contribution < -0.4 is 10.6 Å². The largest absolute Gasteiger partial charge is 0.385 e. The normalized spacial score (nSPS) is 15.7. The third-order valence-corrected chi connectivity index (χ3v) is 5.23. The fourth-order valence-electron chi connectivity index (χ4n) is 2.90. The number of anilines is 2. The molecule has 1 aromatic carbocycles. The molecule has 2 aromatic rings. The van der Waals surface area contributed by atoms with Crippen molar-refractivity contribution in [2.75, 3.05) is 45.2 Å². The number of thiophene rings is 1. The highest BCUT2D eigenvalue weighted by atomic mass is 35.5. The number of rotatable bonds is 2. The van der Waals surface area contributed by atoms with Crippen LogP contribution in [0, 0.1) is 0 Å². The topological polar surface area (TPSA) is 48.9 Å². The Morgan fingerprint density at radius 2 is 2.08 bits per heavy atom. The lowest BCUT2D eigenvalue weighted by Crippen LogP contribution is -2.46. The van der Waals surface area contributed by atoms with Gasteiger partial charge in [0.2, 0.25) is 0 Å². The summed E-state index contributed by atoms with van der Waals surface area (Å²) in [5, 5.41) is 10.8. The van der Waals surface area contributed by atoms with Crippen molar-refractivity contribution in [2.24, 2.45) is 4.99 Å². The number of fused-ring (bicyclic) bond motifs is 2. The maximum Gasteiger partial charge on any atom is 0.139 e. The summed E-state index contributed by atoms with van der Waals surface area (Å²) >= 11 is 7.84. The Morgan fingerprint density at radius 3 is 2.77 bits per heavy atom. The minimum absolute atomic E-state index is 0.712. The number of methoxy groups -OCH3 is 1. The van der Waals surface area contributed by atoms with Crippen LogP contribution in [0.3, 0.4) is 0 Å². The Labute approximate surface area is 164 Å². The van der Waals surface area contributed by atoms with E-state index >= 15 is 0 Å². The molecule has 1 fully saturated rings. The number of hydrogen-bond acceptors (Lipinski definition) is 6. The number of nitrogens with one attached hydrogen (secondary N) is 2. The van der Waals surface area contributed by atoms with Crippen LogP contribution in [0.5, 0.6) is 0 Å². The first kappa shape index (κ1) is 19.2. The van der Waals surface area contributed by atoms with E-state index in [0.717, 1.165) is 61.4 Å². The Hall–Kier alpha value is -1.60. The summed E-state index contributed by atoms with van der Waals surface area (Å²) < 4.78 is 4.69. The third-order valence-electron chi connectivity index (χ3n) is 4.17. The van der Waals surface area contributed by atoms with Gasteiger partial charge >= 0.3 is 0 Å². The molecule has 0 unspecified atom stereocenters. The van der Waals surface area contributed by atoms with Crippen molar-refractivity contribution in [3.63, 3.8) is 0 Å². The molecule has 5 nitrogen and oxygen atoms in total. The molecule has 140 valence electrons. The van der Waals surface area contributed by atoms with Gasteiger partial charge in [0, 0.05) is 44.9 Å². The molecule has 1 aromatic heterocycles. The molecule has 2 aliphatic rings. The van der Waals surface area contributed by atoms with Gasteiger partial charge in [0.05, 0.1) is 16.9 Å². The Kier molecular flexibility index (Phi) is 6.91. The Balaban J connectivity index is 0.000000349. The molecule has 26 heavy (non-hydrogen) atoms. The van der Waals surface area contributed by atoms with Gasteiger partial charge in [-0.15, -0.1) is 11.3 Å². The zero-order chi connectivity index (χ0) is 18.4. The highest BCUT2D eigenvalue weighted by Crippen LogP contribution is 2.38. The number of ether oxygens (including phenoxy) is 1. The van der Waals surface area contributed by atoms with Crippen molar-refractivity contribution in [3.8, 4) is 0 Å². The Bertz CT molecular complexity index is 754. The molecule has 0 bridgehead atoms. The Morgan fingerprint density at radius 1 is 1.27 bits per heavy atom. The standard InChI is InChI=1S/C15H15ClN4S.C4H10O/c16-10-1-2-12-13(9-10)18-14(20-6-4-17-5-7-20)11-3-8-21-15(11)19-12;1-3-4-5-2/h1-3,8-9,17,19H,4-7H2;3-4H2,1-2H3. The van der Waals surface area contributed by atoms with Gasteiger partial charge in [0.1, 0.15) is 10.8 Å². The highest BCUT2D eigenvalue weighted by molar-refractivity contribution is 7.14. The van der Waals surface area contributed by atoms with Crippen molar-refractivity contribution in [2.45, 2.75) is 13.3 Å². The lowest BCUT2D eigenvalue weighted by Gasteiger charge is -2.30. The van der Waals surface area contributed by atoms with E-state index in [1.807, 2.05) is 18.2 Å². The number of piperazine rings is 1. The van der Waals surface area contributed by atoms with Crippen LogP contribution in [-0.2, 0) is 4.74 Å². The van der Waals surface area contributed by atoms with Crippen LogP contribution in [0.4, 0.5) is 16.4 Å². The van der Waals surface area contributed by atoms with Gasteiger partial charge in [-0.05, 0) is 36.1 Å². The van der Waals surface area contributed by atoms with E-state index < -0.39 is 0 Å². The van der Waals surface area contributed by atoms with E-state index in [1.165, 1.54) is 5.56 Å². The van der Waals surface area contributed by atoms with Gasteiger partial charge in [0.15, 0.2) is 0 Å². The summed E-state index contributed by atoms with van der Waals surface area (Å²) in [7, 11) is 1.71. The molecule has 0 radical (unpaired) electrons. The summed E-state index contributed by atoms with van der Waals surface area (Å²) in [6.45, 7) is 6.92. The first-order valence-electron chi connectivity index (χ1n) is 8.90. The van der Waals surface area contributed by atoms with E-state index in [2.05, 4.69) is 33.9 Å². The van der Waals surface area contributed by atoms with Gasteiger partial charge in [-0.3, -0.25) is 0 Å². The van der Waals surface area contributed by atoms with Gasteiger partial charge < -0.3 is 20.3 Å². The van der Waals surface area contributed by atoms with Gasteiger partial charge in [0.25, 0.3) is 0 Å². The van der Waals surface area contributed by atoms with Gasteiger partial charge in [-0.25, -0.2) is 4.99 Å². The summed E-state index contributed by atoms with van der Waals surface area (Å²) in [6, 6.07) is 7.95. The number of hydrogen-bond donors (Lipinski definition) is 2. The molecule has 0 amide bonds. The molecule has 2 N–H and O–H groups in total. The number of benzene rings is 1. The highest BCUT2D eigenvalue weighted by Gasteiger charge is 2.23. The van der Waals surface area contributed by atoms with Crippen molar-refractivity contribution in [3.05, 3.63) is 40.2 Å². The van der Waals surface area contributed by atoms with Gasteiger partial charge in [-0.2, -0.15) is 0 Å². The molecule has 1 saturated heterocycles. The van der Waals surface area contributed by atoms with Crippen LogP contribution in [-0.4, -0.2) is 50.6 Å². The minimum Gasteiger partial charge on any atom is -0.385 e. The van der Waals surface area contributed by atoms with E-state index in [4.69, 9.17) is 21.3 Å². The summed E-state index contributed by atoms with van der Waals surface area (Å²) in [4.78, 5) is 7.26.